The standard InChI is InChI=1S/C27H32FN7O2/c1-5-37-19-10-11-22-18(16-19)17-20(26(36)29-22)24(25-30-31-32-35(25)27(2,3)4)34-14-12-33(13-15-34)23-9-7-6-8-21(23)28/h6-11,16-17,24H,5,12-15H2,1-4H3,(H,29,36)/t24-/m0/s1. The molecule has 0 amide bonds. The molecule has 194 valence electrons. The second-order valence-corrected chi connectivity index (χ2v) is 10.2. The number of hydrogen-bond acceptors (Lipinski definition) is 7. The van der Waals surface area contributed by atoms with Gasteiger partial charge in [-0.15, -0.1) is 5.10 Å². The summed E-state index contributed by atoms with van der Waals surface area (Å²) in [5.41, 5.74) is 1.29. The van der Waals surface area contributed by atoms with Gasteiger partial charge in [0.15, 0.2) is 5.82 Å². The Labute approximate surface area is 214 Å². The van der Waals surface area contributed by atoms with E-state index in [9.17, 15) is 9.18 Å². The van der Waals surface area contributed by atoms with Gasteiger partial charge in [0.1, 0.15) is 17.6 Å². The number of aromatic amines is 1. The number of para-hydroxylation sites is 1. The molecule has 3 heterocycles. The largest absolute Gasteiger partial charge is 0.494 e. The molecule has 1 aliphatic rings. The van der Waals surface area contributed by atoms with Crippen LogP contribution in [-0.2, 0) is 5.54 Å². The summed E-state index contributed by atoms with van der Waals surface area (Å²) < 4.78 is 21.9. The van der Waals surface area contributed by atoms with Crippen LogP contribution in [0.5, 0.6) is 5.75 Å². The van der Waals surface area contributed by atoms with Gasteiger partial charge < -0.3 is 14.6 Å². The highest BCUT2D eigenvalue weighted by Gasteiger charge is 2.35. The van der Waals surface area contributed by atoms with Gasteiger partial charge in [-0.05, 0) is 74.5 Å². The topological polar surface area (TPSA) is 92.2 Å². The highest BCUT2D eigenvalue weighted by molar-refractivity contribution is 5.80. The first-order valence-electron chi connectivity index (χ1n) is 12.6. The molecule has 4 aromatic rings. The van der Waals surface area contributed by atoms with Crippen LogP contribution in [-0.4, -0.2) is 62.9 Å². The van der Waals surface area contributed by atoms with Crippen LogP contribution in [0.4, 0.5) is 10.1 Å². The number of pyridine rings is 1. The number of tetrazole rings is 1. The average molecular weight is 506 g/mol. The molecule has 1 saturated heterocycles. The van der Waals surface area contributed by atoms with Gasteiger partial charge in [0, 0.05) is 42.6 Å². The quantitative estimate of drug-likeness (QED) is 0.427. The van der Waals surface area contributed by atoms with Crippen molar-refractivity contribution in [1.29, 1.82) is 0 Å². The molecule has 2 aromatic heterocycles. The van der Waals surface area contributed by atoms with Crippen LogP contribution in [0.15, 0.2) is 53.3 Å². The van der Waals surface area contributed by atoms with E-state index in [0.29, 0.717) is 49.9 Å². The molecule has 0 unspecified atom stereocenters. The number of nitrogens with zero attached hydrogens (tertiary/aromatic N) is 6. The number of hydrogen-bond donors (Lipinski definition) is 1. The van der Waals surface area contributed by atoms with Crippen LogP contribution >= 0.6 is 0 Å². The Kier molecular flexibility index (Phi) is 6.68. The third-order valence-electron chi connectivity index (χ3n) is 6.70. The lowest BCUT2D eigenvalue weighted by molar-refractivity contribution is 0.190. The predicted octanol–water partition coefficient (Wildman–Crippen LogP) is 3.72. The molecular formula is C27H32FN7O2. The van der Waals surface area contributed by atoms with Gasteiger partial charge in [-0.25, -0.2) is 9.07 Å². The molecule has 1 atom stereocenters. The number of anilines is 1. The summed E-state index contributed by atoms with van der Waals surface area (Å²) in [7, 11) is 0. The van der Waals surface area contributed by atoms with Gasteiger partial charge >= 0.3 is 0 Å². The molecule has 0 aliphatic carbocycles. The van der Waals surface area contributed by atoms with Crippen molar-refractivity contribution >= 4 is 16.6 Å². The Hall–Kier alpha value is -3.79. The van der Waals surface area contributed by atoms with E-state index in [1.807, 2.05) is 62.9 Å². The molecule has 10 heteroatoms. The normalized spacial score (nSPS) is 15.8. The fraction of sp³-hybridized carbons (Fsp3) is 0.407. The molecule has 0 saturated carbocycles. The van der Waals surface area contributed by atoms with Gasteiger partial charge in [-0.2, -0.15) is 0 Å². The minimum Gasteiger partial charge on any atom is -0.494 e. The Morgan fingerprint density at radius 3 is 2.54 bits per heavy atom. The summed E-state index contributed by atoms with van der Waals surface area (Å²) in [4.78, 5) is 20.7. The van der Waals surface area contributed by atoms with E-state index in [1.165, 1.54) is 6.07 Å². The lowest BCUT2D eigenvalue weighted by Gasteiger charge is -2.40. The maximum absolute atomic E-state index is 14.5. The van der Waals surface area contributed by atoms with Crippen molar-refractivity contribution in [3.63, 3.8) is 0 Å². The summed E-state index contributed by atoms with van der Waals surface area (Å²) >= 11 is 0. The van der Waals surface area contributed by atoms with Gasteiger partial charge in [0.05, 0.1) is 17.8 Å². The van der Waals surface area contributed by atoms with Crippen LogP contribution in [0.1, 0.15) is 45.1 Å². The van der Waals surface area contributed by atoms with Gasteiger partial charge in [-0.1, -0.05) is 12.1 Å². The zero-order valence-corrected chi connectivity index (χ0v) is 21.6. The van der Waals surface area contributed by atoms with Crippen molar-refractivity contribution in [3.05, 3.63) is 76.1 Å². The van der Waals surface area contributed by atoms with Gasteiger partial charge in [0.2, 0.25) is 0 Å². The molecule has 5 rings (SSSR count). The minimum absolute atomic E-state index is 0.193. The summed E-state index contributed by atoms with van der Waals surface area (Å²) in [5, 5.41) is 13.5. The summed E-state index contributed by atoms with van der Waals surface area (Å²) in [6.07, 6.45) is 0. The van der Waals surface area contributed by atoms with E-state index in [4.69, 9.17) is 4.74 Å². The zero-order chi connectivity index (χ0) is 26.2. The van der Waals surface area contributed by atoms with Crippen LogP contribution in [0.3, 0.4) is 0 Å². The van der Waals surface area contributed by atoms with Crippen molar-refractivity contribution in [2.24, 2.45) is 0 Å². The van der Waals surface area contributed by atoms with E-state index in [2.05, 4.69) is 25.4 Å². The molecule has 0 spiro atoms. The van der Waals surface area contributed by atoms with E-state index >= 15 is 0 Å². The van der Waals surface area contributed by atoms with E-state index in [-0.39, 0.29) is 11.4 Å². The predicted molar refractivity (Wildman–Crippen MR) is 141 cm³/mol. The lowest BCUT2D eigenvalue weighted by atomic mass is 10.0. The summed E-state index contributed by atoms with van der Waals surface area (Å²) in [6.45, 7) is 11.0. The van der Waals surface area contributed by atoms with E-state index < -0.39 is 11.6 Å². The number of benzene rings is 2. The maximum Gasteiger partial charge on any atom is 0.253 e. The molecule has 0 bridgehead atoms. The first-order valence-corrected chi connectivity index (χ1v) is 12.6. The first-order chi connectivity index (χ1) is 17.8. The Bertz CT molecular complexity index is 1450. The number of nitrogens with one attached hydrogen (secondary N) is 1. The number of aromatic nitrogens is 5. The molecule has 1 aliphatic heterocycles. The highest BCUT2D eigenvalue weighted by Crippen LogP contribution is 2.32. The van der Waals surface area contributed by atoms with Crippen LogP contribution in [0.2, 0.25) is 0 Å². The van der Waals surface area contributed by atoms with E-state index in [0.717, 1.165) is 16.7 Å². The molecule has 1 fully saturated rings. The number of ether oxygens (including phenoxy) is 1. The second-order valence-electron chi connectivity index (χ2n) is 10.2. The average Bonchev–Trinajstić information content (AvgIpc) is 3.36. The summed E-state index contributed by atoms with van der Waals surface area (Å²) in [6, 6.07) is 13.9. The fourth-order valence-corrected chi connectivity index (χ4v) is 4.93. The fourth-order valence-electron chi connectivity index (χ4n) is 4.93. The molecule has 0 radical (unpaired) electrons. The van der Waals surface area contributed by atoms with Crippen molar-refractivity contribution in [1.82, 2.24) is 30.1 Å². The zero-order valence-electron chi connectivity index (χ0n) is 21.6. The number of H-pyrrole nitrogens is 1. The Balaban J connectivity index is 1.56. The minimum atomic E-state index is -0.485. The molecule has 1 N–H and O–H groups in total. The van der Waals surface area contributed by atoms with E-state index in [1.54, 1.807) is 16.8 Å². The molecule has 9 nitrogen and oxygen atoms in total. The maximum atomic E-state index is 14.5. The smallest absolute Gasteiger partial charge is 0.253 e. The number of halogens is 1. The van der Waals surface area contributed by atoms with Crippen molar-refractivity contribution in [2.75, 3.05) is 37.7 Å². The Morgan fingerprint density at radius 2 is 1.84 bits per heavy atom. The Morgan fingerprint density at radius 1 is 1.08 bits per heavy atom. The van der Waals surface area contributed by atoms with Crippen LogP contribution in [0.25, 0.3) is 10.9 Å². The van der Waals surface area contributed by atoms with Gasteiger partial charge in [0.25, 0.3) is 5.56 Å². The number of rotatable bonds is 6. The van der Waals surface area contributed by atoms with Crippen LogP contribution in [0, 0.1) is 5.82 Å². The SMILES string of the molecule is CCOc1ccc2[nH]c(=O)c([C@@H](c3nnnn3C(C)(C)C)N3CCN(c4ccccc4F)CC3)cc2c1. The number of piperazine rings is 1. The van der Waals surface area contributed by atoms with Gasteiger partial charge in [-0.3, -0.25) is 9.69 Å². The summed E-state index contributed by atoms with van der Waals surface area (Å²) in [5.74, 6) is 1.10. The third-order valence-corrected chi connectivity index (χ3v) is 6.70. The molecular weight excluding hydrogens is 473 g/mol. The monoisotopic (exact) mass is 505 g/mol. The molecule has 37 heavy (non-hydrogen) atoms. The molecule has 2 aromatic carbocycles. The van der Waals surface area contributed by atoms with Crippen molar-refractivity contribution in [3.8, 4) is 5.75 Å². The van der Waals surface area contributed by atoms with Crippen molar-refractivity contribution < 1.29 is 9.13 Å². The second kappa shape index (κ2) is 9.93. The highest BCUT2D eigenvalue weighted by atomic mass is 19.1. The number of fused-ring (bicyclic) bond motifs is 1. The lowest BCUT2D eigenvalue weighted by Crippen LogP contribution is -2.49. The first kappa shape index (κ1) is 24.9. The van der Waals surface area contributed by atoms with Crippen LogP contribution < -0.4 is 15.2 Å². The van der Waals surface area contributed by atoms with Crippen molar-refractivity contribution in [2.45, 2.75) is 39.3 Å². The third kappa shape index (κ3) is 4.93.